The van der Waals surface area contributed by atoms with Gasteiger partial charge in [0.1, 0.15) is 10.7 Å². The van der Waals surface area contributed by atoms with Crippen LogP contribution in [-0.2, 0) is 10.0 Å². The van der Waals surface area contributed by atoms with Crippen molar-refractivity contribution in [3.63, 3.8) is 0 Å². The Balaban J connectivity index is 1.64. The molecule has 0 saturated carbocycles. The molecule has 1 saturated heterocycles. The zero-order chi connectivity index (χ0) is 21.5. The molecule has 1 fully saturated rings. The molecule has 1 aliphatic heterocycles. The molecule has 1 aromatic heterocycles. The Morgan fingerprint density at radius 1 is 1.07 bits per heavy atom. The Labute approximate surface area is 172 Å². The quantitative estimate of drug-likeness (QED) is 0.466. The Kier molecular flexibility index (Phi) is 5.12. The summed E-state index contributed by atoms with van der Waals surface area (Å²) in [4.78, 5) is 16.9. The van der Waals surface area contributed by atoms with Gasteiger partial charge in [-0.3, -0.25) is 10.1 Å². The van der Waals surface area contributed by atoms with Gasteiger partial charge in [0.15, 0.2) is 5.52 Å². The maximum Gasteiger partial charge on any atom is 0.295 e. The number of nitro benzene ring substituents is 1. The minimum Gasteiger partial charge on any atom is -0.368 e. The Hall–Kier alpha value is -3.11. The summed E-state index contributed by atoms with van der Waals surface area (Å²) in [6.45, 7) is 2.85. The molecule has 4 rings (SSSR count). The van der Waals surface area contributed by atoms with Crippen LogP contribution in [0, 0.1) is 22.9 Å². The van der Waals surface area contributed by atoms with Crippen LogP contribution in [0.25, 0.3) is 10.9 Å². The highest BCUT2D eigenvalue weighted by Gasteiger charge is 2.31. The highest BCUT2D eigenvalue weighted by Crippen LogP contribution is 2.33. The third kappa shape index (κ3) is 3.48. The van der Waals surface area contributed by atoms with Crippen molar-refractivity contribution in [3.05, 3.63) is 70.2 Å². The first-order valence-electron chi connectivity index (χ1n) is 9.33. The van der Waals surface area contributed by atoms with Gasteiger partial charge in [0.05, 0.1) is 4.92 Å². The van der Waals surface area contributed by atoms with Gasteiger partial charge in [-0.2, -0.15) is 4.31 Å². The third-order valence-corrected chi connectivity index (χ3v) is 7.09. The van der Waals surface area contributed by atoms with Crippen molar-refractivity contribution >= 4 is 32.3 Å². The third-order valence-electron chi connectivity index (χ3n) is 5.15. The zero-order valence-corrected chi connectivity index (χ0v) is 17.0. The molecular weight excluding hydrogens is 411 g/mol. The number of rotatable bonds is 4. The molecule has 30 heavy (non-hydrogen) atoms. The molecule has 2 heterocycles. The number of nitrogens with zero attached hydrogens (tertiary/aromatic N) is 4. The molecule has 0 aliphatic carbocycles. The van der Waals surface area contributed by atoms with Crippen molar-refractivity contribution in [1.29, 1.82) is 0 Å². The van der Waals surface area contributed by atoms with E-state index in [1.807, 2.05) is 11.0 Å². The number of non-ortho nitro benzene ring substituents is 1. The van der Waals surface area contributed by atoms with Crippen molar-refractivity contribution < 1.29 is 17.7 Å². The van der Waals surface area contributed by atoms with Crippen molar-refractivity contribution in [1.82, 2.24) is 9.29 Å². The average Bonchev–Trinajstić information content (AvgIpc) is 2.73. The number of hydrogen-bond acceptors (Lipinski definition) is 6. The Bertz CT molecular complexity index is 1240. The second-order valence-electron chi connectivity index (χ2n) is 7.03. The van der Waals surface area contributed by atoms with E-state index in [4.69, 9.17) is 0 Å². The second-order valence-corrected chi connectivity index (χ2v) is 8.94. The van der Waals surface area contributed by atoms with Gasteiger partial charge in [0.2, 0.25) is 10.0 Å². The number of piperazine rings is 1. The maximum absolute atomic E-state index is 14.0. The number of halogens is 1. The summed E-state index contributed by atoms with van der Waals surface area (Å²) >= 11 is 0. The van der Waals surface area contributed by atoms with Gasteiger partial charge < -0.3 is 4.90 Å². The van der Waals surface area contributed by atoms with E-state index in [2.05, 4.69) is 4.98 Å². The Morgan fingerprint density at radius 2 is 1.77 bits per heavy atom. The highest BCUT2D eigenvalue weighted by atomic mass is 32.2. The van der Waals surface area contributed by atoms with Crippen LogP contribution in [-0.4, -0.2) is 48.8 Å². The molecule has 1 aliphatic rings. The lowest BCUT2D eigenvalue weighted by Gasteiger charge is -2.36. The first-order valence-corrected chi connectivity index (χ1v) is 10.8. The van der Waals surface area contributed by atoms with Crippen molar-refractivity contribution in [2.45, 2.75) is 11.8 Å². The molecule has 0 bridgehead atoms. The molecule has 10 heteroatoms. The number of pyridine rings is 1. The van der Waals surface area contributed by atoms with E-state index in [1.165, 1.54) is 28.6 Å². The summed E-state index contributed by atoms with van der Waals surface area (Å²) in [7, 11) is -3.94. The van der Waals surface area contributed by atoms with Crippen LogP contribution in [0.2, 0.25) is 0 Å². The second kappa shape index (κ2) is 7.62. The molecule has 0 spiro atoms. The van der Waals surface area contributed by atoms with E-state index >= 15 is 0 Å². The number of hydrogen-bond donors (Lipinski definition) is 0. The lowest BCUT2D eigenvalue weighted by atomic mass is 10.1. The van der Waals surface area contributed by atoms with E-state index in [0.29, 0.717) is 29.7 Å². The monoisotopic (exact) mass is 430 g/mol. The summed E-state index contributed by atoms with van der Waals surface area (Å²) in [5.41, 5.74) is 1.63. The van der Waals surface area contributed by atoms with Gasteiger partial charge in [-0.1, -0.05) is 24.3 Å². The van der Waals surface area contributed by atoms with Gasteiger partial charge in [-0.25, -0.2) is 17.8 Å². The number of benzene rings is 2. The van der Waals surface area contributed by atoms with Crippen LogP contribution >= 0.6 is 0 Å². The first kappa shape index (κ1) is 20.2. The molecule has 0 amide bonds. The summed E-state index contributed by atoms with van der Waals surface area (Å²) in [6.07, 6.45) is 0. The summed E-state index contributed by atoms with van der Waals surface area (Å²) < 4.78 is 40.9. The number of fused-ring (bicyclic) bond motifs is 1. The van der Waals surface area contributed by atoms with Gasteiger partial charge in [-0.05, 0) is 25.1 Å². The molecule has 0 radical (unpaired) electrons. The zero-order valence-electron chi connectivity index (χ0n) is 16.2. The molecule has 156 valence electrons. The predicted octanol–water partition coefficient (Wildman–Crippen LogP) is 3.10. The fourth-order valence-corrected chi connectivity index (χ4v) is 5.20. The summed E-state index contributed by atoms with van der Waals surface area (Å²) in [6, 6.07) is 12.0. The number of sulfonamides is 1. The van der Waals surface area contributed by atoms with Crippen LogP contribution in [0.1, 0.15) is 5.69 Å². The molecule has 2 aromatic carbocycles. The fourth-order valence-electron chi connectivity index (χ4n) is 3.71. The summed E-state index contributed by atoms with van der Waals surface area (Å²) in [5.74, 6) is -0.775. The molecule has 8 nitrogen and oxygen atoms in total. The predicted molar refractivity (Wildman–Crippen MR) is 111 cm³/mol. The lowest BCUT2D eigenvalue weighted by Crippen LogP contribution is -2.48. The highest BCUT2D eigenvalue weighted by molar-refractivity contribution is 7.89. The van der Waals surface area contributed by atoms with E-state index in [-0.39, 0.29) is 23.7 Å². The first-order chi connectivity index (χ1) is 14.3. The van der Waals surface area contributed by atoms with Gasteiger partial charge in [0.25, 0.3) is 5.69 Å². The van der Waals surface area contributed by atoms with Crippen LogP contribution in [0.15, 0.2) is 53.4 Å². The van der Waals surface area contributed by atoms with Gasteiger partial charge in [-0.15, -0.1) is 0 Å². The number of anilines is 1. The van der Waals surface area contributed by atoms with Crippen LogP contribution in [0.3, 0.4) is 0 Å². The van der Waals surface area contributed by atoms with E-state index in [0.717, 1.165) is 11.8 Å². The molecule has 0 atom stereocenters. The number of para-hydroxylation sites is 1. The number of nitro groups is 1. The normalized spacial score (nSPS) is 15.5. The van der Waals surface area contributed by atoms with Crippen molar-refractivity contribution in [2.24, 2.45) is 0 Å². The van der Waals surface area contributed by atoms with Gasteiger partial charge >= 0.3 is 0 Å². The minimum absolute atomic E-state index is 0.0711. The number of aryl methyl sites for hydroxylation is 1. The van der Waals surface area contributed by atoms with E-state index < -0.39 is 20.8 Å². The summed E-state index contributed by atoms with van der Waals surface area (Å²) in [5, 5.41) is 12.0. The van der Waals surface area contributed by atoms with Crippen LogP contribution in [0.4, 0.5) is 15.8 Å². The SMILES string of the molecule is Cc1cc(N2CCN(S(=O)(=O)c3ccccc3F)CC2)c2cccc([N+](=O)[O-])c2n1. The molecule has 3 aromatic rings. The average molecular weight is 430 g/mol. The molecular formula is C20H19FN4O4S. The largest absolute Gasteiger partial charge is 0.368 e. The molecule has 0 N–H and O–H groups in total. The van der Waals surface area contributed by atoms with Crippen LogP contribution < -0.4 is 4.90 Å². The minimum atomic E-state index is -3.94. The van der Waals surface area contributed by atoms with E-state index in [9.17, 15) is 22.9 Å². The topological polar surface area (TPSA) is 96.7 Å². The maximum atomic E-state index is 14.0. The Morgan fingerprint density at radius 3 is 2.43 bits per heavy atom. The smallest absolute Gasteiger partial charge is 0.295 e. The lowest BCUT2D eigenvalue weighted by molar-refractivity contribution is -0.383. The van der Waals surface area contributed by atoms with Crippen molar-refractivity contribution in [3.8, 4) is 0 Å². The van der Waals surface area contributed by atoms with Gasteiger partial charge in [0, 0.05) is 49.0 Å². The van der Waals surface area contributed by atoms with Crippen molar-refractivity contribution in [2.75, 3.05) is 31.1 Å². The number of aromatic nitrogens is 1. The van der Waals surface area contributed by atoms with Crippen LogP contribution in [0.5, 0.6) is 0 Å². The van der Waals surface area contributed by atoms with E-state index in [1.54, 1.807) is 19.1 Å². The fraction of sp³-hybridized carbons (Fsp3) is 0.250. The standard InChI is InChI=1S/C20H19FN4O4S/c1-14-13-18(15-5-4-7-17(25(26)27)20(15)22-14)23-9-11-24(12-10-23)30(28,29)19-8-3-2-6-16(19)21/h2-8,13H,9-12H2,1H3. The molecule has 0 unspecified atom stereocenters.